The fourth-order valence-electron chi connectivity index (χ4n) is 4.54. The second-order valence-electron chi connectivity index (χ2n) is 7.50. The zero-order valence-electron chi connectivity index (χ0n) is 14.3. The van der Waals surface area contributed by atoms with E-state index >= 15 is 0 Å². The standard InChI is InChI=1S/C19H23N5O/c25-19(14-2-1-3-14)24-9-6-13-5-8-23(10-15(13)11-24)18-16-4-7-20-17(16)21-12-22-18/h2,4,7,12-13,15H,1,3,5-6,8-11H2,(H,20,21,22). The Balaban J connectivity index is 1.35. The van der Waals surface area contributed by atoms with Gasteiger partial charge in [-0.3, -0.25) is 4.79 Å². The van der Waals surface area contributed by atoms with Crippen molar-refractivity contribution in [2.45, 2.75) is 25.7 Å². The van der Waals surface area contributed by atoms with Crippen molar-refractivity contribution in [2.75, 3.05) is 31.1 Å². The number of piperidine rings is 2. The number of amides is 1. The van der Waals surface area contributed by atoms with Gasteiger partial charge in [0.05, 0.1) is 5.39 Å². The molecule has 0 aromatic carbocycles. The maximum absolute atomic E-state index is 12.6. The van der Waals surface area contributed by atoms with Crippen LogP contribution in [-0.4, -0.2) is 51.9 Å². The molecule has 6 heteroatoms. The number of nitrogens with zero attached hydrogens (tertiary/aromatic N) is 4. The highest BCUT2D eigenvalue weighted by Crippen LogP contribution is 2.35. The number of fused-ring (bicyclic) bond motifs is 2. The van der Waals surface area contributed by atoms with Crippen LogP contribution in [0.4, 0.5) is 5.82 Å². The fraction of sp³-hybridized carbons (Fsp3) is 0.526. The molecule has 1 N–H and O–H groups in total. The highest BCUT2D eigenvalue weighted by molar-refractivity contribution is 5.94. The molecule has 5 rings (SSSR count). The minimum atomic E-state index is 0.275. The van der Waals surface area contributed by atoms with Crippen molar-refractivity contribution in [1.82, 2.24) is 19.9 Å². The van der Waals surface area contributed by atoms with Gasteiger partial charge >= 0.3 is 0 Å². The van der Waals surface area contributed by atoms with Crippen molar-refractivity contribution in [3.8, 4) is 0 Å². The van der Waals surface area contributed by atoms with Gasteiger partial charge in [0.15, 0.2) is 0 Å². The van der Waals surface area contributed by atoms with Gasteiger partial charge in [0.1, 0.15) is 17.8 Å². The molecule has 2 aliphatic heterocycles. The van der Waals surface area contributed by atoms with Crippen LogP contribution < -0.4 is 4.90 Å². The van der Waals surface area contributed by atoms with E-state index in [0.29, 0.717) is 5.92 Å². The highest BCUT2D eigenvalue weighted by Gasteiger charge is 2.37. The minimum absolute atomic E-state index is 0.275. The number of aromatic nitrogens is 3. The van der Waals surface area contributed by atoms with Crippen molar-refractivity contribution in [3.63, 3.8) is 0 Å². The Kier molecular flexibility index (Phi) is 3.50. The van der Waals surface area contributed by atoms with Gasteiger partial charge in [-0.25, -0.2) is 9.97 Å². The molecule has 25 heavy (non-hydrogen) atoms. The number of rotatable bonds is 2. The van der Waals surface area contributed by atoms with E-state index in [4.69, 9.17) is 0 Å². The molecule has 130 valence electrons. The van der Waals surface area contributed by atoms with Gasteiger partial charge in [-0.2, -0.15) is 0 Å². The molecule has 2 fully saturated rings. The zero-order chi connectivity index (χ0) is 16.8. The number of anilines is 1. The average Bonchev–Trinajstić information content (AvgIpc) is 3.08. The summed E-state index contributed by atoms with van der Waals surface area (Å²) in [5, 5.41) is 1.09. The molecule has 2 aromatic heterocycles. The topological polar surface area (TPSA) is 65.1 Å². The first kappa shape index (κ1) is 14.9. The number of H-pyrrole nitrogens is 1. The van der Waals surface area contributed by atoms with Gasteiger partial charge < -0.3 is 14.8 Å². The summed E-state index contributed by atoms with van der Waals surface area (Å²) in [5.41, 5.74) is 1.92. The van der Waals surface area contributed by atoms with Gasteiger partial charge in [0, 0.05) is 37.9 Å². The number of carbonyl (C=O) groups excluding carboxylic acids is 1. The molecule has 2 aromatic rings. The normalized spacial score (nSPS) is 26.2. The lowest BCUT2D eigenvalue weighted by Gasteiger charge is -2.45. The number of carbonyl (C=O) groups is 1. The van der Waals surface area contributed by atoms with Crippen LogP contribution in [0.5, 0.6) is 0 Å². The van der Waals surface area contributed by atoms with Crippen LogP contribution in [0.25, 0.3) is 11.0 Å². The first-order valence-electron chi connectivity index (χ1n) is 9.31. The summed E-state index contributed by atoms with van der Waals surface area (Å²) >= 11 is 0. The second kappa shape index (κ2) is 5.86. The lowest BCUT2D eigenvalue weighted by molar-refractivity contribution is -0.130. The Bertz CT molecular complexity index is 841. The number of hydrogen-bond acceptors (Lipinski definition) is 4. The third-order valence-electron chi connectivity index (χ3n) is 6.11. The Labute approximate surface area is 146 Å². The van der Waals surface area contributed by atoms with E-state index in [1.54, 1.807) is 6.33 Å². The molecule has 4 heterocycles. The molecule has 2 saturated heterocycles. The van der Waals surface area contributed by atoms with Gasteiger partial charge in [-0.1, -0.05) is 6.08 Å². The van der Waals surface area contributed by atoms with Crippen molar-refractivity contribution >= 4 is 22.8 Å². The first-order chi connectivity index (χ1) is 12.3. The summed E-state index contributed by atoms with van der Waals surface area (Å²) in [6.07, 6.45) is 10.00. The van der Waals surface area contributed by atoms with Crippen molar-refractivity contribution in [1.29, 1.82) is 0 Å². The van der Waals surface area contributed by atoms with Crippen LogP contribution in [0.15, 0.2) is 30.2 Å². The zero-order valence-corrected chi connectivity index (χ0v) is 14.3. The summed E-state index contributed by atoms with van der Waals surface area (Å²) < 4.78 is 0. The van der Waals surface area contributed by atoms with E-state index < -0.39 is 0 Å². The number of hydrogen-bond donors (Lipinski definition) is 1. The van der Waals surface area contributed by atoms with Crippen LogP contribution in [0, 0.1) is 11.8 Å². The first-order valence-corrected chi connectivity index (χ1v) is 9.31. The third-order valence-corrected chi connectivity index (χ3v) is 6.11. The molecule has 3 aliphatic rings. The van der Waals surface area contributed by atoms with Gasteiger partial charge in [-0.05, 0) is 43.6 Å². The number of nitrogens with one attached hydrogen (secondary N) is 1. The van der Waals surface area contributed by atoms with E-state index in [1.807, 2.05) is 6.20 Å². The summed E-state index contributed by atoms with van der Waals surface area (Å²) in [6.45, 7) is 3.83. The van der Waals surface area contributed by atoms with Crippen molar-refractivity contribution in [3.05, 3.63) is 30.2 Å². The summed E-state index contributed by atoms with van der Waals surface area (Å²) in [6, 6.07) is 2.05. The third kappa shape index (κ3) is 2.51. The second-order valence-corrected chi connectivity index (χ2v) is 7.50. The molecule has 0 spiro atoms. The molecule has 0 bridgehead atoms. The van der Waals surface area contributed by atoms with E-state index in [1.165, 1.54) is 6.42 Å². The van der Waals surface area contributed by atoms with Crippen LogP contribution in [-0.2, 0) is 4.79 Å². The largest absolute Gasteiger partial charge is 0.356 e. The SMILES string of the molecule is O=C(C1=CCC1)N1CCC2CCN(c3ncnc4[nH]ccc34)CC2C1. The summed E-state index contributed by atoms with van der Waals surface area (Å²) in [7, 11) is 0. The minimum Gasteiger partial charge on any atom is -0.356 e. The molecular weight excluding hydrogens is 314 g/mol. The van der Waals surface area contributed by atoms with Crippen LogP contribution in [0.2, 0.25) is 0 Å². The average molecular weight is 337 g/mol. The van der Waals surface area contributed by atoms with Crippen molar-refractivity contribution in [2.24, 2.45) is 11.8 Å². The quantitative estimate of drug-likeness (QED) is 0.914. The predicted octanol–water partition coefficient (Wildman–Crippen LogP) is 2.35. The summed E-state index contributed by atoms with van der Waals surface area (Å²) in [5.74, 6) is 2.57. The molecule has 1 amide bonds. The monoisotopic (exact) mass is 337 g/mol. The Hall–Kier alpha value is -2.37. The molecule has 0 saturated carbocycles. The van der Waals surface area contributed by atoms with Gasteiger partial charge in [0.25, 0.3) is 0 Å². The predicted molar refractivity (Wildman–Crippen MR) is 96.2 cm³/mol. The molecule has 6 nitrogen and oxygen atoms in total. The highest BCUT2D eigenvalue weighted by atomic mass is 16.2. The maximum atomic E-state index is 12.6. The molecule has 2 atom stereocenters. The van der Waals surface area contributed by atoms with E-state index in [0.717, 1.165) is 73.8 Å². The molecule has 2 unspecified atom stereocenters. The Morgan fingerprint density at radius 3 is 2.88 bits per heavy atom. The Morgan fingerprint density at radius 2 is 2.04 bits per heavy atom. The van der Waals surface area contributed by atoms with Crippen LogP contribution in [0.1, 0.15) is 25.7 Å². The smallest absolute Gasteiger partial charge is 0.249 e. The van der Waals surface area contributed by atoms with E-state index in [9.17, 15) is 4.79 Å². The van der Waals surface area contributed by atoms with Crippen LogP contribution >= 0.6 is 0 Å². The van der Waals surface area contributed by atoms with Gasteiger partial charge in [-0.15, -0.1) is 0 Å². The number of allylic oxidation sites excluding steroid dienone is 1. The number of likely N-dealkylation sites (tertiary alicyclic amines) is 1. The van der Waals surface area contributed by atoms with E-state index in [2.05, 4.69) is 36.9 Å². The van der Waals surface area contributed by atoms with Gasteiger partial charge in [0.2, 0.25) is 5.91 Å². The van der Waals surface area contributed by atoms with E-state index in [-0.39, 0.29) is 5.91 Å². The number of aromatic amines is 1. The molecule has 0 radical (unpaired) electrons. The Morgan fingerprint density at radius 1 is 1.16 bits per heavy atom. The lowest BCUT2D eigenvalue weighted by atomic mass is 9.79. The fourth-order valence-corrected chi connectivity index (χ4v) is 4.54. The van der Waals surface area contributed by atoms with Crippen LogP contribution in [0.3, 0.4) is 0 Å². The molecule has 1 aliphatic carbocycles. The van der Waals surface area contributed by atoms with Crippen molar-refractivity contribution < 1.29 is 4.79 Å². The maximum Gasteiger partial charge on any atom is 0.249 e. The lowest BCUT2D eigenvalue weighted by Crippen LogP contribution is -2.52. The summed E-state index contributed by atoms with van der Waals surface area (Å²) in [4.78, 5) is 29.0. The molecular formula is C19H23N5O.